The molecule has 1 heterocycles. The predicted octanol–water partition coefficient (Wildman–Crippen LogP) is 0.404. The molecule has 0 saturated heterocycles. The molecular formula is C11H18N6O3. The lowest BCUT2D eigenvalue weighted by molar-refractivity contribution is -0.108. The summed E-state index contributed by atoms with van der Waals surface area (Å²) < 4.78 is 5.14. The molecule has 0 aliphatic heterocycles. The highest BCUT2D eigenvalue weighted by Crippen LogP contribution is 2.20. The smallest absolute Gasteiger partial charge is 0.429 e. The Morgan fingerprint density at radius 3 is 2.65 bits per heavy atom. The summed E-state index contributed by atoms with van der Waals surface area (Å²) in [6, 6.07) is 0. The largest absolute Gasteiger partial charge is 0.442 e. The predicted molar refractivity (Wildman–Crippen MR) is 73.5 cm³/mol. The molecule has 0 atom stereocenters. The fourth-order valence-corrected chi connectivity index (χ4v) is 1.18. The highest BCUT2D eigenvalue weighted by atomic mass is 16.6. The molecule has 0 unspecified atom stereocenters. The van der Waals surface area contributed by atoms with E-state index in [4.69, 9.17) is 16.2 Å². The first-order chi connectivity index (χ1) is 9.24. The first kappa shape index (κ1) is 15.5. The molecule has 20 heavy (non-hydrogen) atoms. The molecule has 9 heteroatoms. The maximum absolute atomic E-state index is 11.9. The van der Waals surface area contributed by atoms with Gasteiger partial charge in [0.2, 0.25) is 0 Å². The summed E-state index contributed by atoms with van der Waals surface area (Å²) in [5.41, 5.74) is 13.2. The van der Waals surface area contributed by atoms with E-state index in [1.807, 2.05) is 0 Å². The second kappa shape index (κ2) is 6.04. The van der Waals surface area contributed by atoms with Gasteiger partial charge in [-0.2, -0.15) is 0 Å². The monoisotopic (exact) mass is 282 g/mol. The number of aromatic nitrogens is 2. The standard InChI is InChI=1S/C11H18N6O3/c1-11(2,3)20-10(19)17(4-5-18)16-9-7(12)8(13)14-6-15-9/h5-6H,4,12H2,1-3H3,(H3,13,14,15,16). The number of nitrogens with two attached hydrogens (primary N) is 2. The number of hydrogen-bond acceptors (Lipinski definition) is 8. The van der Waals surface area contributed by atoms with Gasteiger partial charge in [-0.15, -0.1) is 0 Å². The molecule has 0 aliphatic rings. The summed E-state index contributed by atoms with van der Waals surface area (Å²) in [6.45, 7) is 4.89. The van der Waals surface area contributed by atoms with Crippen molar-refractivity contribution in [1.82, 2.24) is 15.0 Å². The van der Waals surface area contributed by atoms with Gasteiger partial charge in [-0.1, -0.05) is 0 Å². The van der Waals surface area contributed by atoms with E-state index in [2.05, 4.69) is 15.4 Å². The second-order valence-corrected chi connectivity index (χ2v) is 4.89. The minimum Gasteiger partial charge on any atom is -0.442 e. The highest BCUT2D eigenvalue weighted by molar-refractivity contribution is 5.77. The van der Waals surface area contributed by atoms with E-state index in [1.54, 1.807) is 20.8 Å². The Morgan fingerprint density at radius 2 is 2.10 bits per heavy atom. The van der Waals surface area contributed by atoms with Crippen molar-refractivity contribution < 1.29 is 14.3 Å². The molecule has 0 aromatic carbocycles. The van der Waals surface area contributed by atoms with Gasteiger partial charge in [-0.25, -0.2) is 19.8 Å². The average Bonchev–Trinajstić information content (AvgIpc) is 2.32. The van der Waals surface area contributed by atoms with Crippen LogP contribution in [0.15, 0.2) is 6.33 Å². The molecular weight excluding hydrogens is 264 g/mol. The van der Waals surface area contributed by atoms with Gasteiger partial charge in [-0.05, 0) is 20.8 Å². The van der Waals surface area contributed by atoms with Crippen LogP contribution in [0.1, 0.15) is 20.8 Å². The fourth-order valence-electron chi connectivity index (χ4n) is 1.18. The van der Waals surface area contributed by atoms with Crippen molar-refractivity contribution in [2.24, 2.45) is 0 Å². The molecule has 110 valence electrons. The zero-order chi connectivity index (χ0) is 15.3. The highest BCUT2D eigenvalue weighted by Gasteiger charge is 2.23. The molecule has 1 aromatic rings. The average molecular weight is 282 g/mol. The summed E-state index contributed by atoms with van der Waals surface area (Å²) in [7, 11) is 0. The number of carbonyl (C=O) groups excluding carboxylic acids is 2. The van der Waals surface area contributed by atoms with E-state index in [9.17, 15) is 9.59 Å². The number of nitrogens with one attached hydrogen (secondary N) is 1. The Bertz CT molecular complexity index is 499. The first-order valence-electron chi connectivity index (χ1n) is 5.81. The fraction of sp³-hybridized carbons (Fsp3) is 0.455. The van der Waals surface area contributed by atoms with Crippen molar-refractivity contribution in [3.05, 3.63) is 6.33 Å². The lowest BCUT2D eigenvalue weighted by Gasteiger charge is -2.26. The van der Waals surface area contributed by atoms with Crippen LogP contribution in [0.2, 0.25) is 0 Å². The summed E-state index contributed by atoms with van der Waals surface area (Å²) in [6.07, 6.45) is 0.987. The van der Waals surface area contributed by atoms with Crippen molar-refractivity contribution >= 4 is 29.7 Å². The Balaban J connectivity index is 2.89. The van der Waals surface area contributed by atoms with Crippen molar-refractivity contribution in [2.45, 2.75) is 26.4 Å². The lowest BCUT2D eigenvalue weighted by atomic mass is 10.2. The van der Waals surface area contributed by atoms with Gasteiger partial charge >= 0.3 is 6.09 Å². The number of rotatable bonds is 4. The van der Waals surface area contributed by atoms with E-state index >= 15 is 0 Å². The molecule has 1 amide bonds. The van der Waals surface area contributed by atoms with Gasteiger partial charge < -0.3 is 21.0 Å². The number of ether oxygens (including phenoxy) is 1. The topological polar surface area (TPSA) is 136 Å². The molecule has 0 saturated carbocycles. The zero-order valence-electron chi connectivity index (χ0n) is 11.6. The molecule has 9 nitrogen and oxygen atoms in total. The number of nitrogen functional groups attached to an aromatic ring is 2. The van der Waals surface area contributed by atoms with Crippen LogP contribution < -0.4 is 16.9 Å². The Labute approximate surface area is 116 Å². The number of nitrogens with zero attached hydrogens (tertiary/aromatic N) is 3. The van der Waals surface area contributed by atoms with Crippen LogP contribution in [0.5, 0.6) is 0 Å². The van der Waals surface area contributed by atoms with Crippen LogP contribution in [-0.4, -0.2) is 39.5 Å². The van der Waals surface area contributed by atoms with Gasteiger partial charge in [-0.3, -0.25) is 5.43 Å². The molecule has 1 aromatic heterocycles. The van der Waals surface area contributed by atoms with Crippen LogP contribution in [0, 0.1) is 0 Å². The maximum Gasteiger partial charge on any atom is 0.429 e. The van der Waals surface area contributed by atoms with Gasteiger partial charge in [0.1, 0.15) is 30.4 Å². The van der Waals surface area contributed by atoms with E-state index in [-0.39, 0.29) is 23.9 Å². The molecule has 0 aliphatic carbocycles. The summed E-state index contributed by atoms with van der Waals surface area (Å²) >= 11 is 0. The zero-order valence-corrected chi connectivity index (χ0v) is 11.6. The first-order valence-corrected chi connectivity index (χ1v) is 5.81. The van der Waals surface area contributed by atoms with Gasteiger partial charge in [0.25, 0.3) is 0 Å². The third-order valence-corrected chi connectivity index (χ3v) is 2.03. The van der Waals surface area contributed by atoms with Crippen molar-refractivity contribution in [3.8, 4) is 0 Å². The Hall–Kier alpha value is -2.58. The molecule has 0 radical (unpaired) electrons. The number of hydrazine groups is 1. The third-order valence-electron chi connectivity index (χ3n) is 2.03. The van der Waals surface area contributed by atoms with Crippen molar-refractivity contribution in [1.29, 1.82) is 0 Å². The molecule has 0 fully saturated rings. The third kappa shape index (κ3) is 4.26. The summed E-state index contributed by atoms with van der Waals surface area (Å²) in [4.78, 5) is 30.1. The van der Waals surface area contributed by atoms with Crippen LogP contribution in [0.3, 0.4) is 0 Å². The van der Waals surface area contributed by atoms with Crippen molar-refractivity contribution in [2.75, 3.05) is 23.4 Å². The normalized spacial score (nSPS) is 10.8. The van der Waals surface area contributed by atoms with Gasteiger partial charge in [0, 0.05) is 0 Å². The van der Waals surface area contributed by atoms with Gasteiger partial charge in [0.15, 0.2) is 11.6 Å². The number of aldehydes is 1. The van der Waals surface area contributed by atoms with Crippen molar-refractivity contribution in [3.63, 3.8) is 0 Å². The quantitative estimate of drug-likeness (QED) is 0.533. The summed E-state index contributed by atoms with van der Waals surface area (Å²) in [5.74, 6) is 0.183. The number of hydrogen-bond donors (Lipinski definition) is 3. The Morgan fingerprint density at radius 1 is 1.45 bits per heavy atom. The number of anilines is 3. The van der Waals surface area contributed by atoms with Crippen LogP contribution >= 0.6 is 0 Å². The maximum atomic E-state index is 11.9. The van der Waals surface area contributed by atoms with E-state index < -0.39 is 11.7 Å². The minimum atomic E-state index is -0.735. The molecule has 0 spiro atoms. The van der Waals surface area contributed by atoms with E-state index in [0.717, 1.165) is 5.01 Å². The molecule has 1 rings (SSSR count). The van der Waals surface area contributed by atoms with Gasteiger partial charge in [0.05, 0.1) is 0 Å². The van der Waals surface area contributed by atoms with Crippen LogP contribution in [0.25, 0.3) is 0 Å². The Kier molecular flexibility index (Phi) is 4.68. The van der Waals surface area contributed by atoms with Crippen LogP contribution in [-0.2, 0) is 9.53 Å². The lowest BCUT2D eigenvalue weighted by Crippen LogP contribution is -2.42. The molecule has 0 bridgehead atoms. The van der Waals surface area contributed by atoms with Crippen LogP contribution in [0.4, 0.5) is 22.1 Å². The second-order valence-electron chi connectivity index (χ2n) is 4.89. The van der Waals surface area contributed by atoms with E-state index in [1.165, 1.54) is 6.33 Å². The van der Waals surface area contributed by atoms with E-state index in [0.29, 0.717) is 6.29 Å². The summed E-state index contributed by atoms with van der Waals surface area (Å²) in [5, 5.41) is 0.941. The number of carbonyl (C=O) groups is 2. The molecule has 5 N–H and O–H groups in total. The number of amides is 1. The SMILES string of the molecule is CC(C)(C)OC(=O)N(CC=O)Nc1ncnc(N)c1N. The minimum absolute atomic E-state index is 0.0674.